The van der Waals surface area contributed by atoms with E-state index in [0.29, 0.717) is 6.54 Å². The number of aromatic nitrogens is 2. The highest BCUT2D eigenvalue weighted by atomic mass is 16.6. The molecule has 1 aliphatic rings. The number of hydrogen-bond acceptors (Lipinski definition) is 6. The van der Waals surface area contributed by atoms with Gasteiger partial charge in [0.2, 0.25) is 0 Å². The lowest BCUT2D eigenvalue weighted by molar-refractivity contribution is -0.389. The van der Waals surface area contributed by atoms with Gasteiger partial charge in [-0.25, -0.2) is 0 Å². The van der Waals surface area contributed by atoms with E-state index < -0.39 is 4.92 Å². The van der Waals surface area contributed by atoms with Crippen molar-refractivity contribution in [2.24, 2.45) is 0 Å². The van der Waals surface area contributed by atoms with Crippen molar-refractivity contribution >= 4 is 5.82 Å². The van der Waals surface area contributed by atoms with Gasteiger partial charge in [0.1, 0.15) is 5.75 Å². The second-order valence-electron chi connectivity index (χ2n) is 6.33. The fourth-order valence-corrected chi connectivity index (χ4v) is 3.15. The van der Waals surface area contributed by atoms with Gasteiger partial charge in [0.05, 0.1) is 44.2 Å². The zero-order chi connectivity index (χ0) is 18.4. The fourth-order valence-electron chi connectivity index (χ4n) is 3.15. The molecule has 0 bridgehead atoms. The van der Waals surface area contributed by atoms with Gasteiger partial charge in [0.25, 0.3) is 0 Å². The molecule has 26 heavy (non-hydrogen) atoms. The molecule has 1 fully saturated rings. The molecule has 0 aliphatic carbocycles. The lowest BCUT2D eigenvalue weighted by Gasteiger charge is -2.26. The Morgan fingerprint density at radius 1 is 1.31 bits per heavy atom. The molecule has 0 radical (unpaired) electrons. The molecule has 8 nitrogen and oxygen atoms in total. The predicted octanol–water partition coefficient (Wildman–Crippen LogP) is 2.11. The first kappa shape index (κ1) is 18.3. The van der Waals surface area contributed by atoms with Crippen molar-refractivity contribution in [3.05, 3.63) is 51.7 Å². The zero-order valence-electron chi connectivity index (χ0n) is 15.0. The van der Waals surface area contributed by atoms with Gasteiger partial charge in [-0.3, -0.25) is 4.90 Å². The van der Waals surface area contributed by atoms with Gasteiger partial charge in [0, 0.05) is 18.7 Å². The summed E-state index contributed by atoms with van der Waals surface area (Å²) in [6, 6.07) is 7.54. The molecule has 2 aromatic rings. The van der Waals surface area contributed by atoms with E-state index in [0.717, 1.165) is 57.0 Å². The molecule has 8 heteroatoms. The Hall–Kier alpha value is -2.45. The maximum atomic E-state index is 10.8. The molecular weight excluding hydrogens is 336 g/mol. The molecule has 0 saturated carbocycles. The molecule has 0 unspecified atom stereocenters. The predicted molar refractivity (Wildman–Crippen MR) is 96.6 cm³/mol. The lowest BCUT2D eigenvalue weighted by atomic mass is 10.0. The van der Waals surface area contributed by atoms with E-state index in [1.807, 2.05) is 6.07 Å². The summed E-state index contributed by atoms with van der Waals surface area (Å²) < 4.78 is 12.4. The van der Waals surface area contributed by atoms with E-state index in [1.165, 1.54) is 11.6 Å². The van der Waals surface area contributed by atoms with Crippen LogP contribution < -0.4 is 4.74 Å². The normalized spacial score (nSPS) is 15.1. The number of rotatable bonds is 8. The van der Waals surface area contributed by atoms with Crippen LogP contribution in [0.15, 0.2) is 30.5 Å². The third kappa shape index (κ3) is 4.80. The summed E-state index contributed by atoms with van der Waals surface area (Å²) in [5.74, 6) is 0.616. The molecule has 2 heterocycles. The molecule has 3 rings (SSSR count). The van der Waals surface area contributed by atoms with Crippen LogP contribution >= 0.6 is 0 Å². The van der Waals surface area contributed by atoms with E-state index >= 15 is 0 Å². The first-order valence-electron chi connectivity index (χ1n) is 8.79. The van der Waals surface area contributed by atoms with Crippen molar-refractivity contribution in [3.8, 4) is 5.75 Å². The second-order valence-corrected chi connectivity index (χ2v) is 6.33. The smallest absolute Gasteiger partial charge is 0.389 e. The largest absolute Gasteiger partial charge is 0.496 e. The Kier molecular flexibility index (Phi) is 6.19. The lowest BCUT2D eigenvalue weighted by Crippen LogP contribution is -2.36. The average molecular weight is 360 g/mol. The van der Waals surface area contributed by atoms with E-state index in [2.05, 4.69) is 22.1 Å². The summed E-state index contributed by atoms with van der Waals surface area (Å²) in [7, 11) is 1.63. The van der Waals surface area contributed by atoms with Crippen LogP contribution in [0.25, 0.3) is 0 Å². The molecule has 1 saturated heterocycles. The molecule has 0 amide bonds. The van der Waals surface area contributed by atoms with Gasteiger partial charge < -0.3 is 19.6 Å². The summed E-state index contributed by atoms with van der Waals surface area (Å²) in [5, 5.41) is 14.8. The average Bonchev–Trinajstić information content (AvgIpc) is 3.12. The Balaban J connectivity index is 1.62. The monoisotopic (exact) mass is 360 g/mol. The number of hydrogen-bond donors (Lipinski definition) is 0. The van der Waals surface area contributed by atoms with Crippen LogP contribution in [0.4, 0.5) is 5.82 Å². The van der Waals surface area contributed by atoms with Gasteiger partial charge >= 0.3 is 5.82 Å². The van der Waals surface area contributed by atoms with Crippen molar-refractivity contribution in [2.75, 3.05) is 40.0 Å². The minimum absolute atomic E-state index is 0.148. The SMILES string of the molecule is COc1ccc(CCCN2CCOCC2)cc1Cn1ccc([N+](=O)[O-])n1. The van der Waals surface area contributed by atoms with Gasteiger partial charge in [-0.05, 0) is 35.9 Å². The van der Waals surface area contributed by atoms with Crippen LogP contribution in [-0.4, -0.2) is 59.6 Å². The van der Waals surface area contributed by atoms with Crippen LogP contribution in [0.3, 0.4) is 0 Å². The van der Waals surface area contributed by atoms with Crippen LogP contribution in [-0.2, 0) is 17.7 Å². The summed E-state index contributed by atoms with van der Waals surface area (Å²) in [5.41, 5.74) is 2.20. The number of nitro groups is 1. The van der Waals surface area contributed by atoms with Crippen LogP contribution in [0.2, 0.25) is 0 Å². The Morgan fingerprint density at radius 3 is 2.81 bits per heavy atom. The van der Waals surface area contributed by atoms with Crippen LogP contribution in [0.1, 0.15) is 17.5 Å². The standard InChI is InChI=1S/C18H24N4O4/c1-25-17-5-4-15(3-2-7-20-9-11-26-12-10-20)13-16(17)14-21-8-6-18(19-21)22(23)24/h4-6,8,13H,2-3,7,9-12,14H2,1H3. The first-order valence-corrected chi connectivity index (χ1v) is 8.79. The minimum atomic E-state index is -0.490. The van der Waals surface area contributed by atoms with Gasteiger partial charge in [-0.1, -0.05) is 12.1 Å². The maximum Gasteiger partial charge on any atom is 0.389 e. The molecule has 1 aromatic carbocycles. The molecule has 1 aromatic heterocycles. The number of ether oxygens (including phenoxy) is 2. The molecular formula is C18H24N4O4. The molecule has 0 N–H and O–H groups in total. The first-order chi connectivity index (χ1) is 12.7. The summed E-state index contributed by atoms with van der Waals surface area (Å²) >= 11 is 0. The Labute approximate surface area is 152 Å². The fraction of sp³-hybridized carbons (Fsp3) is 0.500. The van der Waals surface area contributed by atoms with E-state index in [-0.39, 0.29) is 5.82 Å². The summed E-state index contributed by atoms with van der Waals surface area (Å²) in [6.45, 7) is 5.16. The number of nitrogens with zero attached hydrogens (tertiary/aromatic N) is 4. The van der Waals surface area contributed by atoms with Crippen molar-refractivity contribution < 1.29 is 14.4 Å². The summed E-state index contributed by atoms with van der Waals surface area (Å²) in [6.07, 6.45) is 3.68. The maximum absolute atomic E-state index is 10.8. The van der Waals surface area contributed by atoms with Gasteiger partial charge in [0.15, 0.2) is 0 Å². The topological polar surface area (TPSA) is 82.7 Å². The quantitative estimate of drug-likeness (QED) is 0.530. The van der Waals surface area contributed by atoms with E-state index in [1.54, 1.807) is 18.0 Å². The number of morpholine rings is 1. The highest BCUT2D eigenvalue weighted by Crippen LogP contribution is 2.22. The van der Waals surface area contributed by atoms with Crippen LogP contribution in [0, 0.1) is 10.1 Å². The molecule has 0 spiro atoms. The number of benzene rings is 1. The van der Waals surface area contributed by atoms with Gasteiger partial charge in [-0.2, -0.15) is 4.68 Å². The third-order valence-electron chi connectivity index (χ3n) is 4.53. The molecule has 140 valence electrons. The molecule has 1 aliphatic heterocycles. The third-order valence-corrected chi connectivity index (χ3v) is 4.53. The minimum Gasteiger partial charge on any atom is -0.496 e. The Bertz CT molecular complexity index is 741. The summed E-state index contributed by atoms with van der Waals surface area (Å²) in [4.78, 5) is 12.7. The highest BCUT2D eigenvalue weighted by molar-refractivity contribution is 5.37. The van der Waals surface area contributed by atoms with Crippen LogP contribution in [0.5, 0.6) is 5.75 Å². The van der Waals surface area contributed by atoms with Crippen molar-refractivity contribution in [1.82, 2.24) is 14.7 Å². The number of aryl methyl sites for hydroxylation is 1. The number of methoxy groups -OCH3 is 1. The van der Waals surface area contributed by atoms with Crippen molar-refractivity contribution in [1.29, 1.82) is 0 Å². The van der Waals surface area contributed by atoms with E-state index in [9.17, 15) is 10.1 Å². The van der Waals surface area contributed by atoms with E-state index in [4.69, 9.17) is 9.47 Å². The molecule has 0 atom stereocenters. The highest BCUT2D eigenvalue weighted by Gasteiger charge is 2.14. The van der Waals surface area contributed by atoms with Gasteiger partial charge in [-0.15, -0.1) is 0 Å². The second kappa shape index (κ2) is 8.77. The van der Waals surface area contributed by atoms with Crippen molar-refractivity contribution in [2.45, 2.75) is 19.4 Å². The zero-order valence-corrected chi connectivity index (χ0v) is 15.0. The van der Waals surface area contributed by atoms with Crippen molar-refractivity contribution in [3.63, 3.8) is 0 Å². The Morgan fingerprint density at radius 2 is 2.12 bits per heavy atom.